The van der Waals surface area contributed by atoms with Crippen LogP contribution in [0.2, 0.25) is 5.02 Å². The Labute approximate surface area is 200 Å². The molecule has 0 atom stereocenters. The number of benzene rings is 3. The smallest absolute Gasteiger partial charge is 0.255 e. The van der Waals surface area contributed by atoms with Crippen molar-refractivity contribution in [3.05, 3.63) is 99.9 Å². The van der Waals surface area contributed by atoms with Crippen LogP contribution in [0, 0.1) is 11.3 Å². The number of rotatable bonds is 3. The summed E-state index contributed by atoms with van der Waals surface area (Å²) in [6, 6.07) is 22.4. The summed E-state index contributed by atoms with van der Waals surface area (Å²) in [6.07, 6.45) is 2.84. The summed E-state index contributed by atoms with van der Waals surface area (Å²) in [4.78, 5) is 17.7. The lowest BCUT2D eigenvalue weighted by molar-refractivity contribution is 0.602. The Bertz CT molecular complexity index is 1820. The normalized spacial score (nSPS) is 11.6. The first-order chi connectivity index (χ1) is 16.3. The van der Waals surface area contributed by atoms with E-state index in [0.29, 0.717) is 27.3 Å². The summed E-state index contributed by atoms with van der Waals surface area (Å²) >= 11 is 6.09. The van der Waals surface area contributed by atoms with Gasteiger partial charge in [-0.3, -0.25) is 14.3 Å². The first-order valence-corrected chi connectivity index (χ1v) is 12.5. The van der Waals surface area contributed by atoms with Crippen LogP contribution in [0.15, 0.2) is 88.7 Å². The predicted octanol–water partition coefficient (Wildman–Crippen LogP) is 5.13. The summed E-state index contributed by atoms with van der Waals surface area (Å²) in [7, 11) is -3.36. The highest BCUT2D eigenvalue weighted by atomic mass is 35.5. The maximum Gasteiger partial charge on any atom is 0.255 e. The molecule has 0 saturated carbocycles. The number of nitrogens with zero attached hydrogens (tertiary/aromatic N) is 3. The van der Waals surface area contributed by atoms with E-state index in [1.54, 1.807) is 41.1 Å². The number of halogens is 1. The van der Waals surface area contributed by atoms with Crippen LogP contribution in [-0.4, -0.2) is 24.2 Å². The zero-order chi connectivity index (χ0) is 24.0. The van der Waals surface area contributed by atoms with Crippen molar-refractivity contribution >= 4 is 43.2 Å². The second kappa shape index (κ2) is 8.10. The molecule has 5 rings (SSSR count). The van der Waals surface area contributed by atoms with Crippen molar-refractivity contribution in [1.82, 2.24) is 9.55 Å². The predicted molar refractivity (Wildman–Crippen MR) is 133 cm³/mol. The van der Waals surface area contributed by atoms with Crippen LogP contribution in [0.25, 0.3) is 38.6 Å². The Balaban J connectivity index is 1.80. The molecular formula is C26H16ClN3O3S. The minimum atomic E-state index is -3.36. The van der Waals surface area contributed by atoms with E-state index in [-0.39, 0.29) is 10.5 Å². The van der Waals surface area contributed by atoms with Crippen molar-refractivity contribution in [1.29, 1.82) is 5.26 Å². The quantitative estimate of drug-likeness (QED) is 0.330. The van der Waals surface area contributed by atoms with Crippen molar-refractivity contribution in [2.75, 3.05) is 6.26 Å². The molecule has 3 aromatic carbocycles. The number of hydrogen-bond acceptors (Lipinski definition) is 5. The zero-order valence-corrected chi connectivity index (χ0v) is 19.4. The van der Waals surface area contributed by atoms with Crippen LogP contribution in [-0.2, 0) is 9.84 Å². The number of nitriles is 1. The average Bonchev–Trinajstić information content (AvgIpc) is 2.83. The Morgan fingerprint density at radius 2 is 1.65 bits per heavy atom. The molecule has 0 aliphatic rings. The second-order valence-electron chi connectivity index (χ2n) is 7.87. The molecule has 0 unspecified atom stereocenters. The summed E-state index contributed by atoms with van der Waals surface area (Å²) in [5, 5.41) is 11.2. The summed E-state index contributed by atoms with van der Waals surface area (Å²) in [5.74, 6) is 0. The van der Waals surface area contributed by atoms with Crippen molar-refractivity contribution in [3.63, 3.8) is 0 Å². The Kier molecular flexibility index (Phi) is 5.20. The molecular weight excluding hydrogens is 470 g/mol. The van der Waals surface area contributed by atoms with E-state index in [4.69, 9.17) is 11.6 Å². The average molecular weight is 486 g/mol. The fraction of sp³-hybridized carbons (Fsp3) is 0.0385. The highest BCUT2D eigenvalue weighted by Crippen LogP contribution is 2.31. The van der Waals surface area contributed by atoms with Gasteiger partial charge in [0.1, 0.15) is 6.07 Å². The minimum absolute atomic E-state index is 0.175. The molecule has 0 fully saturated rings. The molecule has 0 aliphatic carbocycles. The van der Waals surface area contributed by atoms with E-state index < -0.39 is 9.84 Å². The Hall–Kier alpha value is -3.99. The number of hydrogen-bond donors (Lipinski definition) is 0. The van der Waals surface area contributed by atoms with Crippen LogP contribution >= 0.6 is 11.6 Å². The lowest BCUT2D eigenvalue weighted by Gasteiger charge is -2.14. The molecule has 0 aliphatic heterocycles. The van der Waals surface area contributed by atoms with Gasteiger partial charge in [0.2, 0.25) is 0 Å². The van der Waals surface area contributed by atoms with Gasteiger partial charge < -0.3 is 0 Å². The molecule has 0 spiro atoms. The Morgan fingerprint density at radius 1 is 0.941 bits per heavy atom. The maximum absolute atomic E-state index is 13.0. The summed E-state index contributed by atoms with van der Waals surface area (Å²) in [5.41, 5.74) is 3.65. The molecule has 0 saturated heterocycles. The van der Waals surface area contributed by atoms with Crippen molar-refractivity contribution < 1.29 is 8.42 Å². The van der Waals surface area contributed by atoms with Crippen LogP contribution in [0.1, 0.15) is 5.56 Å². The van der Waals surface area contributed by atoms with Gasteiger partial charge in [-0.1, -0.05) is 23.7 Å². The maximum atomic E-state index is 13.0. The largest absolute Gasteiger partial charge is 0.276 e. The van der Waals surface area contributed by atoms with Crippen LogP contribution in [0.4, 0.5) is 0 Å². The van der Waals surface area contributed by atoms with Crippen LogP contribution < -0.4 is 5.56 Å². The Morgan fingerprint density at radius 3 is 2.35 bits per heavy atom. The van der Waals surface area contributed by atoms with E-state index in [2.05, 4.69) is 11.1 Å². The van der Waals surface area contributed by atoms with E-state index in [9.17, 15) is 18.5 Å². The fourth-order valence-electron chi connectivity index (χ4n) is 3.98. The van der Waals surface area contributed by atoms with Gasteiger partial charge in [0.15, 0.2) is 9.84 Å². The van der Waals surface area contributed by atoms with Gasteiger partial charge in [0.05, 0.1) is 26.5 Å². The SMILES string of the molecule is CS(=O)(=O)c1ccc(-n2c(=O)ccc3cnc4ccc(-c5ccc(Cl)c(C#N)c5)cc4c32)cc1. The number of sulfone groups is 1. The number of aromatic nitrogens is 2. The van der Waals surface area contributed by atoms with Crippen LogP contribution in [0.5, 0.6) is 0 Å². The molecule has 5 aromatic rings. The summed E-state index contributed by atoms with van der Waals surface area (Å²) < 4.78 is 25.3. The third-order valence-electron chi connectivity index (χ3n) is 5.66. The summed E-state index contributed by atoms with van der Waals surface area (Å²) in [6.45, 7) is 0. The fourth-order valence-corrected chi connectivity index (χ4v) is 4.77. The van der Waals surface area contributed by atoms with Gasteiger partial charge in [-0.05, 0) is 65.7 Å². The molecule has 6 nitrogen and oxygen atoms in total. The molecule has 0 radical (unpaired) electrons. The van der Waals surface area contributed by atoms with Crippen molar-refractivity contribution in [3.8, 4) is 22.9 Å². The highest BCUT2D eigenvalue weighted by Gasteiger charge is 2.13. The zero-order valence-electron chi connectivity index (χ0n) is 17.9. The van der Waals surface area contributed by atoms with Gasteiger partial charge in [-0.25, -0.2) is 8.42 Å². The van der Waals surface area contributed by atoms with Gasteiger partial charge in [-0.2, -0.15) is 5.26 Å². The van der Waals surface area contributed by atoms with Gasteiger partial charge in [0, 0.05) is 35.0 Å². The van der Waals surface area contributed by atoms with E-state index in [1.165, 1.54) is 18.2 Å². The van der Waals surface area contributed by atoms with E-state index in [1.807, 2.05) is 24.3 Å². The van der Waals surface area contributed by atoms with Crippen molar-refractivity contribution in [2.24, 2.45) is 0 Å². The molecule has 2 heterocycles. The molecule has 0 N–H and O–H groups in total. The molecule has 0 bridgehead atoms. The number of fused-ring (bicyclic) bond motifs is 3. The van der Waals surface area contributed by atoms with Gasteiger partial charge in [0.25, 0.3) is 5.56 Å². The van der Waals surface area contributed by atoms with Crippen molar-refractivity contribution in [2.45, 2.75) is 4.90 Å². The van der Waals surface area contributed by atoms with E-state index in [0.717, 1.165) is 28.2 Å². The third kappa shape index (κ3) is 3.73. The topological polar surface area (TPSA) is 92.8 Å². The van der Waals surface area contributed by atoms with Gasteiger partial charge in [-0.15, -0.1) is 0 Å². The third-order valence-corrected chi connectivity index (χ3v) is 7.12. The second-order valence-corrected chi connectivity index (χ2v) is 10.3. The molecule has 8 heteroatoms. The minimum Gasteiger partial charge on any atom is -0.276 e. The number of pyridine rings is 2. The monoisotopic (exact) mass is 485 g/mol. The van der Waals surface area contributed by atoms with Gasteiger partial charge >= 0.3 is 0 Å². The molecule has 2 aromatic heterocycles. The first-order valence-electron chi connectivity index (χ1n) is 10.2. The highest BCUT2D eigenvalue weighted by molar-refractivity contribution is 7.90. The molecule has 166 valence electrons. The molecule has 34 heavy (non-hydrogen) atoms. The van der Waals surface area contributed by atoms with E-state index >= 15 is 0 Å². The van der Waals surface area contributed by atoms with Crippen LogP contribution in [0.3, 0.4) is 0 Å². The molecule has 0 amide bonds. The lowest BCUT2D eigenvalue weighted by Crippen LogP contribution is -2.17. The first kappa shape index (κ1) is 21.8. The lowest BCUT2D eigenvalue weighted by atomic mass is 10.0. The standard InChI is InChI=1S/C26H16ClN3O3S/c1-34(32,33)21-7-5-20(6-8-21)30-25(31)11-4-18-15-29-24-10-3-17(13-22(24)26(18)30)16-2-9-23(27)19(12-16)14-28/h2-13,15H,1H3.